The van der Waals surface area contributed by atoms with Crippen molar-refractivity contribution in [2.24, 2.45) is 0 Å². The molecule has 116 valence electrons. The summed E-state index contributed by atoms with van der Waals surface area (Å²) < 4.78 is 5.15. The Morgan fingerprint density at radius 2 is 2.29 bits per heavy atom. The predicted octanol–water partition coefficient (Wildman–Crippen LogP) is 3.77. The van der Waals surface area contributed by atoms with Crippen LogP contribution >= 0.6 is 11.6 Å². The van der Waals surface area contributed by atoms with E-state index in [1.807, 2.05) is 19.9 Å². The molecule has 1 aromatic carbocycles. The number of aliphatic hydroxyl groups is 1. The molecule has 1 fully saturated rings. The van der Waals surface area contributed by atoms with Crippen LogP contribution in [-0.2, 0) is 4.74 Å². The van der Waals surface area contributed by atoms with E-state index in [1.165, 1.54) is 0 Å². The number of nitrogens with zero attached hydrogens (tertiary/aromatic N) is 1. The van der Waals surface area contributed by atoms with Crippen LogP contribution in [0, 0.1) is 0 Å². The normalized spacial score (nSPS) is 22.1. The number of halogens is 1. The Morgan fingerprint density at radius 3 is 2.90 bits per heavy atom. The third kappa shape index (κ3) is 3.33. The molecule has 0 bridgehead atoms. The molecule has 1 amide bonds. The van der Waals surface area contributed by atoms with Crippen molar-refractivity contribution in [3.63, 3.8) is 0 Å². The minimum atomic E-state index is -0.769. The first-order valence-corrected chi connectivity index (χ1v) is 7.64. The summed E-state index contributed by atoms with van der Waals surface area (Å²) in [4.78, 5) is 13.9. The SMILES string of the molecule is CCOC(=O)N1C(C(O)c2cccc(Cl)c2)CCC1(C)C. The summed E-state index contributed by atoms with van der Waals surface area (Å²) in [5, 5.41) is 11.2. The zero-order chi connectivity index (χ0) is 15.6. The summed E-state index contributed by atoms with van der Waals surface area (Å²) in [6, 6.07) is 6.83. The zero-order valence-corrected chi connectivity index (χ0v) is 13.4. The predicted molar refractivity (Wildman–Crippen MR) is 82.4 cm³/mol. The molecular formula is C16H22ClNO3. The van der Waals surface area contributed by atoms with Crippen LogP contribution in [0.3, 0.4) is 0 Å². The number of carbonyl (C=O) groups excluding carboxylic acids is 1. The van der Waals surface area contributed by atoms with Crippen molar-refractivity contribution in [3.05, 3.63) is 34.9 Å². The van der Waals surface area contributed by atoms with Crippen LogP contribution in [0.25, 0.3) is 0 Å². The van der Waals surface area contributed by atoms with Gasteiger partial charge in [-0.05, 0) is 51.3 Å². The molecule has 0 aliphatic carbocycles. The fraction of sp³-hybridized carbons (Fsp3) is 0.562. The third-order valence-electron chi connectivity index (χ3n) is 4.05. The van der Waals surface area contributed by atoms with Crippen molar-refractivity contribution in [1.29, 1.82) is 0 Å². The van der Waals surface area contributed by atoms with Crippen LogP contribution in [0.4, 0.5) is 4.79 Å². The monoisotopic (exact) mass is 311 g/mol. The highest BCUT2D eigenvalue weighted by Gasteiger charge is 2.46. The van der Waals surface area contributed by atoms with Gasteiger partial charge >= 0.3 is 6.09 Å². The van der Waals surface area contributed by atoms with Crippen LogP contribution in [0.1, 0.15) is 45.3 Å². The first-order valence-electron chi connectivity index (χ1n) is 7.26. The first kappa shape index (κ1) is 16.1. The number of aliphatic hydroxyl groups excluding tert-OH is 1. The summed E-state index contributed by atoms with van der Waals surface area (Å²) in [5.74, 6) is 0. The molecule has 0 spiro atoms. The number of benzene rings is 1. The second kappa shape index (κ2) is 6.24. The first-order chi connectivity index (χ1) is 9.86. The molecule has 2 unspecified atom stereocenters. The van der Waals surface area contributed by atoms with Gasteiger partial charge in [0, 0.05) is 10.6 Å². The molecule has 1 aromatic rings. The van der Waals surface area contributed by atoms with E-state index in [-0.39, 0.29) is 17.7 Å². The van der Waals surface area contributed by atoms with Crippen LogP contribution in [-0.4, -0.2) is 34.3 Å². The Hall–Kier alpha value is -1.26. The fourth-order valence-corrected chi connectivity index (χ4v) is 3.19. The van der Waals surface area contributed by atoms with Crippen molar-refractivity contribution in [2.45, 2.75) is 51.3 Å². The van der Waals surface area contributed by atoms with Gasteiger partial charge in [-0.2, -0.15) is 0 Å². The molecule has 1 heterocycles. The van der Waals surface area contributed by atoms with Gasteiger partial charge in [-0.1, -0.05) is 23.7 Å². The van der Waals surface area contributed by atoms with E-state index in [0.717, 1.165) is 18.4 Å². The Kier molecular flexibility index (Phi) is 4.79. The quantitative estimate of drug-likeness (QED) is 0.924. The molecule has 1 aliphatic rings. The average molecular weight is 312 g/mol. The molecule has 0 saturated carbocycles. The number of likely N-dealkylation sites (tertiary alicyclic amines) is 1. The number of amides is 1. The number of rotatable bonds is 3. The highest BCUT2D eigenvalue weighted by atomic mass is 35.5. The third-order valence-corrected chi connectivity index (χ3v) is 4.29. The van der Waals surface area contributed by atoms with Crippen LogP contribution in [0.2, 0.25) is 5.02 Å². The zero-order valence-electron chi connectivity index (χ0n) is 12.7. The van der Waals surface area contributed by atoms with E-state index >= 15 is 0 Å². The summed E-state index contributed by atoms with van der Waals surface area (Å²) in [6.07, 6.45) is 0.425. The van der Waals surface area contributed by atoms with Crippen molar-refractivity contribution < 1.29 is 14.6 Å². The van der Waals surface area contributed by atoms with Gasteiger partial charge in [0.05, 0.1) is 18.8 Å². The minimum Gasteiger partial charge on any atom is -0.450 e. The Labute approximate surface area is 130 Å². The van der Waals surface area contributed by atoms with Crippen molar-refractivity contribution in [1.82, 2.24) is 4.90 Å². The molecule has 2 atom stereocenters. The lowest BCUT2D eigenvalue weighted by atomic mass is 10.00. The largest absolute Gasteiger partial charge is 0.450 e. The molecule has 2 rings (SSSR count). The number of hydrogen-bond acceptors (Lipinski definition) is 3. The number of ether oxygens (including phenoxy) is 1. The number of carbonyl (C=O) groups is 1. The molecule has 5 heteroatoms. The van der Waals surface area contributed by atoms with Crippen molar-refractivity contribution in [2.75, 3.05) is 6.61 Å². The van der Waals surface area contributed by atoms with Crippen LogP contribution in [0.15, 0.2) is 24.3 Å². The topological polar surface area (TPSA) is 49.8 Å². The van der Waals surface area contributed by atoms with Crippen molar-refractivity contribution >= 4 is 17.7 Å². The maximum atomic E-state index is 12.2. The van der Waals surface area contributed by atoms with E-state index < -0.39 is 6.10 Å². The maximum Gasteiger partial charge on any atom is 0.410 e. The lowest BCUT2D eigenvalue weighted by Gasteiger charge is -2.36. The fourth-order valence-electron chi connectivity index (χ4n) is 2.99. The summed E-state index contributed by atoms with van der Waals surface area (Å²) in [7, 11) is 0. The van der Waals surface area contributed by atoms with Crippen LogP contribution in [0.5, 0.6) is 0 Å². The van der Waals surface area contributed by atoms with E-state index in [1.54, 1.807) is 30.0 Å². The summed E-state index contributed by atoms with van der Waals surface area (Å²) >= 11 is 5.98. The van der Waals surface area contributed by atoms with E-state index in [2.05, 4.69) is 0 Å². The van der Waals surface area contributed by atoms with Gasteiger partial charge in [0.15, 0.2) is 0 Å². The van der Waals surface area contributed by atoms with Crippen molar-refractivity contribution in [3.8, 4) is 0 Å². The Balaban J connectivity index is 2.26. The van der Waals surface area contributed by atoms with Gasteiger partial charge in [0.1, 0.15) is 0 Å². The van der Waals surface area contributed by atoms with Gasteiger partial charge in [-0.3, -0.25) is 4.90 Å². The molecule has 1 aliphatic heterocycles. The molecule has 0 aromatic heterocycles. The molecular weight excluding hydrogens is 290 g/mol. The van der Waals surface area contributed by atoms with E-state index in [4.69, 9.17) is 16.3 Å². The van der Waals surface area contributed by atoms with Gasteiger partial charge < -0.3 is 9.84 Å². The molecule has 1 saturated heterocycles. The highest BCUT2D eigenvalue weighted by Crippen LogP contribution is 2.39. The lowest BCUT2D eigenvalue weighted by Crippen LogP contribution is -2.49. The van der Waals surface area contributed by atoms with E-state index in [0.29, 0.717) is 11.6 Å². The standard InChI is InChI=1S/C16H22ClNO3/c1-4-21-15(20)18-13(8-9-16(18,2)3)14(19)11-6-5-7-12(17)10-11/h5-7,10,13-14,19H,4,8-9H2,1-3H3. The van der Waals surface area contributed by atoms with Crippen LogP contribution < -0.4 is 0 Å². The summed E-state index contributed by atoms with van der Waals surface area (Å²) in [5.41, 5.74) is 0.399. The summed E-state index contributed by atoms with van der Waals surface area (Å²) in [6.45, 7) is 6.10. The molecule has 0 radical (unpaired) electrons. The van der Waals surface area contributed by atoms with Gasteiger partial charge in [-0.15, -0.1) is 0 Å². The smallest absolute Gasteiger partial charge is 0.410 e. The minimum absolute atomic E-state index is 0.294. The van der Waals surface area contributed by atoms with Gasteiger partial charge in [0.2, 0.25) is 0 Å². The van der Waals surface area contributed by atoms with Gasteiger partial charge in [-0.25, -0.2) is 4.79 Å². The average Bonchev–Trinajstić information content (AvgIpc) is 2.74. The Morgan fingerprint density at radius 1 is 1.57 bits per heavy atom. The second-order valence-corrected chi connectivity index (χ2v) is 6.42. The van der Waals surface area contributed by atoms with E-state index in [9.17, 15) is 9.90 Å². The lowest BCUT2D eigenvalue weighted by molar-refractivity contribution is 0.0224. The molecule has 4 nitrogen and oxygen atoms in total. The maximum absolute atomic E-state index is 12.2. The molecule has 1 N–H and O–H groups in total. The number of hydrogen-bond donors (Lipinski definition) is 1. The second-order valence-electron chi connectivity index (χ2n) is 5.99. The Bertz CT molecular complexity index is 518. The van der Waals surface area contributed by atoms with Gasteiger partial charge in [0.25, 0.3) is 0 Å². The molecule has 21 heavy (non-hydrogen) atoms. The highest BCUT2D eigenvalue weighted by molar-refractivity contribution is 6.30.